The van der Waals surface area contributed by atoms with Gasteiger partial charge in [-0.05, 0) is 44.4 Å². The number of rotatable bonds is 3. The van der Waals surface area contributed by atoms with Crippen LogP contribution in [0.15, 0.2) is 18.2 Å². The van der Waals surface area contributed by atoms with Gasteiger partial charge in [-0.1, -0.05) is 0 Å². The molecular formula is C15H21N3O3. The van der Waals surface area contributed by atoms with Gasteiger partial charge in [0.15, 0.2) is 0 Å². The zero-order valence-electron chi connectivity index (χ0n) is 12.2. The second-order valence-electron chi connectivity index (χ2n) is 5.15. The van der Waals surface area contributed by atoms with Crippen molar-refractivity contribution in [3.63, 3.8) is 0 Å². The molecule has 0 spiro atoms. The number of ether oxygens (including phenoxy) is 1. The Morgan fingerprint density at radius 3 is 2.52 bits per heavy atom. The highest BCUT2D eigenvalue weighted by Crippen LogP contribution is 2.23. The summed E-state index contributed by atoms with van der Waals surface area (Å²) < 4.78 is 5.06. The molecule has 6 nitrogen and oxygen atoms in total. The highest BCUT2D eigenvalue weighted by molar-refractivity contribution is 5.98. The summed E-state index contributed by atoms with van der Waals surface area (Å²) in [5, 5.41) is 0. The Bertz CT molecular complexity index is 525. The first-order valence-corrected chi connectivity index (χ1v) is 7.16. The Kier molecular flexibility index (Phi) is 4.67. The maximum atomic E-state index is 12.6. The van der Waals surface area contributed by atoms with Crippen LogP contribution in [0.2, 0.25) is 0 Å². The second-order valence-corrected chi connectivity index (χ2v) is 5.15. The summed E-state index contributed by atoms with van der Waals surface area (Å²) in [6.45, 7) is 2.60. The van der Waals surface area contributed by atoms with E-state index in [1.54, 1.807) is 30.0 Å². The summed E-state index contributed by atoms with van der Waals surface area (Å²) in [6, 6.07) is 4.23. The fraction of sp³-hybridized carbons (Fsp3) is 0.467. The molecule has 1 unspecified atom stereocenters. The second kappa shape index (κ2) is 6.47. The summed E-state index contributed by atoms with van der Waals surface area (Å²) in [4.78, 5) is 26.2. The molecule has 0 saturated carbocycles. The number of amides is 1. The van der Waals surface area contributed by atoms with Crippen LogP contribution in [0.1, 0.15) is 36.5 Å². The van der Waals surface area contributed by atoms with Crippen molar-refractivity contribution in [3.05, 3.63) is 23.8 Å². The van der Waals surface area contributed by atoms with Gasteiger partial charge in [-0.2, -0.15) is 0 Å². The predicted octanol–water partition coefficient (Wildman–Crippen LogP) is 1.41. The van der Waals surface area contributed by atoms with Gasteiger partial charge in [-0.15, -0.1) is 0 Å². The van der Waals surface area contributed by atoms with E-state index in [4.69, 9.17) is 16.2 Å². The van der Waals surface area contributed by atoms with Gasteiger partial charge in [0.1, 0.15) is 6.04 Å². The van der Waals surface area contributed by atoms with Crippen molar-refractivity contribution in [1.29, 1.82) is 0 Å². The first-order valence-electron chi connectivity index (χ1n) is 7.16. The number of nitrogen functional groups attached to an aromatic ring is 2. The van der Waals surface area contributed by atoms with Gasteiger partial charge in [-0.25, -0.2) is 4.79 Å². The highest BCUT2D eigenvalue weighted by atomic mass is 16.5. The topological polar surface area (TPSA) is 98.6 Å². The summed E-state index contributed by atoms with van der Waals surface area (Å²) in [7, 11) is 0. The lowest BCUT2D eigenvalue weighted by atomic mass is 10.0. The molecule has 1 aliphatic heterocycles. The molecule has 1 amide bonds. The molecule has 1 aliphatic rings. The Labute approximate surface area is 124 Å². The quantitative estimate of drug-likeness (QED) is 0.648. The number of carbonyl (C=O) groups excluding carboxylic acids is 2. The van der Waals surface area contributed by atoms with Crippen LogP contribution in [0.3, 0.4) is 0 Å². The van der Waals surface area contributed by atoms with E-state index in [-0.39, 0.29) is 11.9 Å². The SMILES string of the molecule is CCOC(=O)C1CCCCN1C(=O)c1cc(N)cc(N)c1. The van der Waals surface area contributed by atoms with Gasteiger partial charge >= 0.3 is 5.97 Å². The number of hydrogen-bond acceptors (Lipinski definition) is 5. The number of nitrogens with two attached hydrogens (primary N) is 2. The van der Waals surface area contributed by atoms with Crippen molar-refractivity contribution in [2.24, 2.45) is 0 Å². The molecule has 0 bridgehead atoms. The molecule has 0 aliphatic carbocycles. The number of benzene rings is 1. The lowest BCUT2D eigenvalue weighted by Gasteiger charge is -2.34. The van der Waals surface area contributed by atoms with Crippen LogP contribution in [-0.2, 0) is 9.53 Å². The van der Waals surface area contributed by atoms with Gasteiger partial charge in [-0.3, -0.25) is 4.79 Å². The summed E-state index contributed by atoms with van der Waals surface area (Å²) in [5.41, 5.74) is 12.7. The lowest BCUT2D eigenvalue weighted by Crippen LogP contribution is -2.48. The number of anilines is 2. The van der Waals surface area contributed by atoms with E-state index in [0.29, 0.717) is 36.5 Å². The van der Waals surface area contributed by atoms with Gasteiger partial charge in [0.05, 0.1) is 6.61 Å². The Morgan fingerprint density at radius 1 is 1.24 bits per heavy atom. The number of nitrogens with zero attached hydrogens (tertiary/aromatic N) is 1. The molecule has 1 aromatic carbocycles. The summed E-state index contributed by atoms with van der Waals surface area (Å²) in [6.07, 6.45) is 2.41. The third kappa shape index (κ3) is 3.45. The first kappa shape index (κ1) is 15.2. The van der Waals surface area contributed by atoms with E-state index in [1.807, 2.05) is 0 Å². The van der Waals surface area contributed by atoms with E-state index < -0.39 is 6.04 Å². The van der Waals surface area contributed by atoms with Crippen LogP contribution >= 0.6 is 0 Å². The smallest absolute Gasteiger partial charge is 0.328 e. The maximum absolute atomic E-state index is 12.6. The predicted molar refractivity (Wildman–Crippen MR) is 80.6 cm³/mol. The Morgan fingerprint density at radius 2 is 1.90 bits per heavy atom. The molecule has 1 aromatic rings. The van der Waals surface area contributed by atoms with Gasteiger partial charge in [0.25, 0.3) is 5.91 Å². The zero-order chi connectivity index (χ0) is 15.4. The molecule has 1 fully saturated rings. The van der Waals surface area contributed by atoms with Crippen molar-refractivity contribution in [1.82, 2.24) is 4.90 Å². The third-order valence-corrected chi connectivity index (χ3v) is 3.55. The van der Waals surface area contributed by atoms with Crippen LogP contribution in [0.25, 0.3) is 0 Å². The first-order chi connectivity index (χ1) is 10.0. The molecule has 1 atom stereocenters. The lowest BCUT2D eigenvalue weighted by molar-refractivity contribution is -0.149. The van der Waals surface area contributed by atoms with Crippen molar-refractivity contribution in [2.75, 3.05) is 24.6 Å². The van der Waals surface area contributed by atoms with Gasteiger partial charge in [0.2, 0.25) is 0 Å². The normalized spacial score (nSPS) is 18.3. The summed E-state index contributed by atoms with van der Waals surface area (Å²) >= 11 is 0. The van der Waals surface area contributed by atoms with E-state index in [2.05, 4.69) is 0 Å². The van der Waals surface area contributed by atoms with Crippen LogP contribution < -0.4 is 11.5 Å². The standard InChI is InChI=1S/C15H21N3O3/c1-2-21-15(20)13-5-3-4-6-18(13)14(19)10-7-11(16)9-12(17)8-10/h7-9,13H,2-6,16-17H2,1H3. The Hall–Kier alpha value is -2.24. The van der Waals surface area contributed by atoms with Crippen molar-refractivity contribution in [2.45, 2.75) is 32.2 Å². The van der Waals surface area contributed by atoms with Crippen LogP contribution in [0, 0.1) is 0 Å². The number of carbonyl (C=O) groups is 2. The monoisotopic (exact) mass is 291 g/mol. The Balaban J connectivity index is 2.24. The minimum absolute atomic E-state index is 0.230. The minimum atomic E-state index is -0.520. The molecule has 21 heavy (non-hydrogen) atoms. The van der Waals surface area contributed by atoms with Crippen molar-refractivity contribution in [3.8, 4) is 0 Å². The third-order valence-electron chi connectivity index (χ3n) is 3.55. The van der Waals surface area contributed by atoms with E-state index in [0.717, 1.165) is 12.8 Å². The maximum Gasteiger partial charge on any atom is 0.328 e. The number of esters is 1. The number of likely N-dealkylation sites (tertiary alicyclic amines) is 1. The largest absolute Gasteiger partial charge is 0.464 e. The van der Waals surface area contributed by atoms with Crippen LogP contribution in [-0.4, -0.2) is 36.0 Å². The molecule has 2 rings (SSSR count). The van der Waals surface area contributed by atoms with Gasteiger partial charge in [0, 0.05) is 23.5 Å². The minimum Gasteiger partial charge on any atom is -0.464 e. The molecule has 4 N–H and O–H groups in total. The average Bonchev–Trinajstić information content (AvgIpc) is 2.45. The van der Waals surface area contributed by atoms with Crippen LogP contribution in [0.5, 0.6) is 0 Å². The van der Waals surface area contributed by atoms with E-state index in [1.165, 1.54) is 0 Å². The van der Waals surface area contributed by atoms with E-state index >= 15 is 0 Å². The molecule has 6 heteroatoms. The fourth-order valence-corrected chi connectivity index (χ4v) is 2.62. The molecule has 0 aromatic heterocycles. The molecule has 1 saturated heterocycles. The molecule has 1 heterocycles. The average molecular weight is 291 g/mol. The summed E-state index contributed by atoms with van der Waals surface area (Å²) in [5.74, 6) is -0.575. The van der Waals surface area contributed by atoms with Crippen LogP contribution in [0.4, 0.5) is 11.4 Å². The molecule has 0 radical (unpaired) electrons. The fourth-order valence-electron chi connectivity index (χ4n) is 2.62. The number of piperidine rings is 1. The van der Waals surface area contributed by atoms with Crippen molar-refractivity contribution >= 4 is 23.3 Å². The molecule has 114 valence electrons. The van der Waals surface area contributed by atoms with Crippen molar-refractivity contribution < 1.29 is 14.3 Å². The zero-order valence-corrected chi connectivity index (χ0v) is 12.2. The molecular weight excluding hydrogens is 270 g/mol. The highest BCUT2D eigenvalue weighted by Gasteiger charge is 2.33. The van der Waals surface area contributed by atoms with Gasteiger partial charge < -0.3 is 21.1 Å². The number of hydrogen-bond donors (Lipinski definition) is 2. The van der Waals surface area contributed by atoms with E-state index in [9.17, 15) is 9.59 Å².